The highest BCUT2D eigenvalue weighted by atomic mass is 32.2. The number of urea groups is 1. The second-order valence-electron chi connectivity index (χ2n) is 8.35. The van der Waals surface area contributed by atoms with Crippen LogP contribution >= 0.6 is 0 Å². The average molecular weight is 404 g/mol. The maximum absolute atomic E-state index is 12.5. The average Bonchev–Trinajstić information content (AvgIpc) is 2.59. The van der Waals surface area contributed by atoms with Gasteiger partial charge in [0.05, 0.1) is 25.0 Å². The number of ether oxygens (including phenoxy) is 1. The van der Waals surface area contributed by atoms with E-state index in [1.54, 1.807) is 4.90 Å². The number of nitrogens with zero attached hydrogens (tertiary/aromatic N) is 1. The van der Waals surface area contributed by atoms with E-state index in [0.717, 1.165) is 31.6 Å². The SMILES string of the molecule is CCNC(=O)N1CCC[C@H](NS(C)(=O)=O)[C@@H]1CO[C@H]1CC[C@@H](C(C)C)CC1. The van der Waals surface area contributed by atoms with Crippen LogP contribution in [0.25, 0.3) is 0 Å². The Hall–Kier alpha value is -0.860. The number of likely N-dealkylation sites (tertiary alicyclic amines) is 1. The van der Waals surface area contributed by atoms with Crippen LogP contribution in [-0.4, -0.2) is 63.5 Å². The summed E-state index contributed by atoms with van der Waals surface area (Å²) in [7, 11) is -3.34. The van der Waals surface area contributed by atoms with E-state index < -0.39 is 10.0 Å². The predicted molar refractivity (Wildman–Crippen MR) is 107 cm³/mol. The van der Waals surface area contributed by atoms with E-state index >= 15 is 0 Å². The van der Waals surface area contributed by atoms with Crippen molar-refractivity contribution in [2.45, 2.75) is 77.5 Å². The maximum Gasteiger partial charge on any atom is 0.317 e. The van der Waals surface area contributed by atoms with Crippen molar-refractivity contribution in [3.8, 4) is 0 Å². The van der Waals surface area contributed by atoms with Gasteiger partial charge in [0.15, 0.2) is 0 Å². The zero-order valence-electron chi connectivity index (χ0n) is 17.2. The molecule has 158 valence electrons. The summed E-state index contributed by atoms with van der Waals surface area (Å²) in [6, 6.07) is -0.721. The van der Waals surface area contributed by atoms with Crippen molar-refractivity contribution in [3.63, 3.8) is 0 Å². The van der Waals surface area contributed by atoms with Gasteiger partial charge >= 0.3 is 6.03 Å². The van der Waals surface area contributed by atoms with E-state index in [4.69, 9.17) is 4.74 Å². The fourth-order valence-electron chi connectivity index (χ4n) is 4.34. The highest BCUT2D eigenvalue weighted by Gasteiger charge is 2.36. The van der Waals surface area contributed by atoms with E-state index in [1.807, 2.05) is 6.92 Å². The first-order valence-corrected chi connectivity index (χ1v) is 12.2. The molecule has 0 radical (unpaired) electrons. The maximum atomic E-state index is 12.5. The van der Waals surface area contributed by atoms with Crippen LogP contribution in [0.5, 0.6) is 0 Å². The molecule has 2 rings (SSSR count). The standard InChI is InChI=1S/C19H37N3O4S/c1-5-20-19(23)22-12-6-7-17(21-27(4,24)25)18(22)13-26-16-10-8-15(9-11-16)14(2)3/h14-18,21H,5-13H2,1-4H3,(H,20,23)/t15-,16+,17-,18-/m0/s1. The largest absolute Gasteiger partial charge is 0.376 e. The molecular weight excluding hydrogens is 366 g/mol. The molecule has 0 bridgehead atoms. The van der Waals surface area contributed by atoms with Crippen molar-refractivity contribution in [2.24, 2.45) is 11.8 Å². The van der Waals surface area contributed by atoms with Crippen LogP contribution in [-0.2, 0) is 14.8 Å². The second-order valence-corrected chi connectivity index (χ2v) is 10.1. The monoisotopic (exact) mass is 403 g/mol. The molecule has 8 heteroatoms. The van der Waals surface area contributed by atoms with E-state index in [1.165, 1.54) is 19.1 Å². The zero-order chi connectivity index (χ0) is 20.0. The Bertz CT molecular complexity index is 574. The molecule has 0 unspecified atom stereocenters. The second kappa shape index (κ2) is 10.1. The quantitative estimate of drug-likeness (QED) is 0.683. The Balaban J connectivity index is 2.00. The normalized spacial score (nSPS) is 29.7. The number of rotatable bonds is 7. The van der Waals surface area contributed by atoms with Crippen LogP contribution < -0.4 is 10.0 Å². The van der Waals surface area contributed by atoms with Gasteiger partial charge in [0.1, 0.15) is 0 Å². The van der Waals surface area contributed by atoms with Crippen molar-refractivity contribution in [3.05, 3.63) is 0 Å². The molecule has 0 aromatic rings. The fourth-order valence-corrected chi connectivity index (χ4v) is 5.16. The van der Waals surface area contributed by atoms with Crippen molar-refractivity contribution < 1.29 is 17.9 Å². The first-order valence-electron chi connectivity index (χ1n) is 10.3. The van der Waals surface area contributed by atoms with Gasteiger partial charge < -0.3 is 15.0 Å². The van der Waals surface area contributed by atoms with Gasteiger partial charge in [-0.2, -0.15) is 0 Å². The van der Waals surface area contributed by atoms with Crippen LogP contribution in [0.3, 0.4) is 0 Å². The van der Waals surface area contributed by atoms with E-state index in [2.05, 4.69) is 23.9 Å². The van der Waals surface area contributed by atoms with Gasteiger partial charge in [-0.15, -0.1) is 0 Å². The molecule has 1 aliphatic heterocycles. The molecule has 2 N–H and O–H groups in total. The lowest BCUT2D eigenvalue weighted by Gasteiger charge is -2.42. The van der Waals surface area contributed by atoms with Gasteiger partial charge in [-0.05, 0) is 57.3 Å². The Morgan fingerprint density at radius 1 is 1.19 bits per heavy atom. The minimum atomic E-state index is -3.34. The van der Waals surface area contributed by atoms with E-state index in [0.29, 0.717) is 25.6 Å². The Labute approximate surface area is 164 Å². The minimum absolute atomic E-state index is 0.144. The summed E-state index contributed by atoms with van der Waals surface area (Å²) < 4.78 is 32.5. The highest BCUT2D eigenvalue weighted by Crippen LogP contribution is 2.31. The summed E-state index contributed by atoms with van der Waals surface area (Å²) in [4.78, 5) is 14.2. The van der Waals surface area contributed by atoms with Crippen LogP contribution in [0, 0.1) is 11.8 Å². The lowest BCUT2D eigenvalue weighted by molar-refractivity contribution is -0.0240. The van der Waals surface area contributed by atoms with Gasteiger partial charge in [0.25, 0.3) is 0 Å². The summed E-state index contributed by atoms with van der Waals surface area (Å²) in [5.74, 6) is 1.48. The highest BCUT2D eigenvalue weighted by molar-refractivity contribution is 7.88. The van der Waals surface area contributed by atoms with Gasteiger partial charge in [0.2, 0.25) is 10.0 Å². The summed E-state index contributed by atoms with van der Waals surface area (Å²) in [6.07, 6.45) is 7.32. The lowest BCUT2D eigenvalue weighted by atomic mass is 9.80. The van der Waals surface area contributed by atoms with Crippen molar-refractivity contribution >= 4 is 16.1 Å². The summed E-state index contributed by atoms with van der Waals surface area (Å²) in [5, 5.41) is 2.84. The summed E-state index contributed by atoms with van der Waals surface area (Å²) >= 11 is 0. The van der Waals surface area contributed by atoms with Gasteiger partial charge in [-0.3, -0.25) is 0 Å². The van der Waals surface area contributed by atoms with Crippen molar-refractivity contribution in [1.82, 2.24) is 14.9 Å². The van der Waals surface area contributed by atoms with Gasteiger partial charge in [0, 0.05) is 19.1 Å². The number of carbonyl (C=O) groups is 1. The summed E-state index contributed by atoms with van der Waals surface area (Å²) in [6.45, 7) is 7.99. The molecule has 7 nitrogen and oxygen atoms in total. The molecule has 27 heavy (non-hydrogen) atoms. The molecule has 1 saturated heterocycles. The topological polar surface area (TPSA) is 87.7 Å². The third-order valence-electron chi connectivity index (χ3n) is 5.90. The third kappa shape index (κ3) is 6.91. The van der Waals surface area contributed by atoms with Crippen LogP contribution in [0.4, 0.5) is 4.79 Å². The number of nitrogens with one attached hydrogen (secondary N) is 2. The zero-order valence-corrected chi connectivity index (χ0v) is 18.1. The molecule has 2 aliphatic rings. The first kappa shape index (κ1) is 22.4. The summed E-state index contributed by atoms with van der Waals surface area (Å²) in [5.41, 5.74) is 0. The third-order valence-corrected chi connectivity index (χ3v) is 6.63. The van der Waals surface area contributed by atoms with Crippen molar-refractivity contribution in [1.29, 1.82) is 0 Å². The number of piperidine rings is 1. The fraction of sp³-hybridized carbons (Fsp3) is 0.947. The molecule has 2 amide bonds. The Morgan fingerprint density at radius 2 is 1.85 bits per heavy atom. The van der Waals surface area contributed by atoms with Gasteiger partial charge in [-0.25, -0.2) is 17.9 Å². The van der Waals surface area contributed by atoms with Crippen LogP contribution in [0.15, 0.2) is 0 Å². The molecule has 1 saturated carbocycles. The Morgan fingerprint density at radius 3 is 2.41 bits per heavy atom. The molecule has 1 heterocycles. The van der Waals surface area contributed by atoms with E-state index in [9.17, 15) is 13.2 Å². The predicted octanol–water partition coefficient (Wildman–Crippen LogP) is 2.33. The molecule has 2 fully saturated rings. The van der Waals surface area contributed by atoms with Crippen LogP contribution in [0.2, 0.25) is 0 Å². The number of sulfonamides is 1. The molecule has 2 atom stereocenters. The number of hydrogen-bond acceptors (Lipinski definition) is 4. The van der Waals surface area contributed by atoms with Crippen molar-refractivity contribution in [2.75, 3.05) is 26.0 Å². The number of carbonyl (C=O) groups excluding carboxylic acids is 1. The number of hydrogen-bond donors (Lipinski definition) is 2. The molecule has 0 aromatic heterocycles. The molecule has 0 aromatic carbocycles. The van der Waals surface area contributed by atoms with E-state index in [-0.39, 0.29) is 24.2 Å². The molecule has 0 spiro atoms. The Kier molecular flexibility index (Phi) is 8.37. The number of amides is 2. The molecule has 1 aliphatic carbocycles. The first-order chi connectivity index (χ1) is 12.7. The van der Waals surface area contributed by atoms with Crippen LogP contribution in [0.1, 0.15) is 59.3 Å². The smallest absolute Gasteiger partial charge is 0.317 e. The minimum Gasteiger partial charge on any atom is -0.376 e. The van der Waals surface area contributed by atoms with Gasteiger partial charge in [-0.1, -0.05) is 13.8 Å². The molecular formula is C19H37N3O4S. The lowest BCUT2D eigenvalue weighted by Crippen LogP contribution is -2.60.